The summed E-state index contributed by atoms with van der Waals surface area (Å²) < 4.78 is 33.5. The van der Waals surface area contributed by atoms with Gasteiger partial charge in [0, 0.05) is 25.3 Å². The van der Waals surface area contributed by atoms with E-state index in [9.17, 15) is 13.2 Å². The van der Waals surface area contributed by atoms with Gasteiger partial charge in [-0.1, -0.05) is 18.2 Å². The summed E-state index contributed by atoms with van der Waals surface area (Å²) in [6, 6.07) is 12.3. The van der Waals surface area contributed by atoms with Crippen LogP contribution in [0.2, 0.25) is 0 Å². The fourth-order valence-corrected chi connectivity index (χ4v) is 5.37. The van der Waals surface area contributed by atoms with Crippen molar-refractivity contribution < 1.29 is 17.9 Å². The van der Waals surface area contributed by atoms with E-state index >= 15 is 0 Å². The Bertz CT molecular complexity index is 1090. The molecule has 1 heterocycles. The minimum absolute atomic E-state index is 0.0629. The second kappa shape index (κ2) is 9.83. The molecule has 0 radical (unpaired) electrons. The summed E-state index contributed by atoms with van der Waals surface area (Å²) in [5, 5.41) is 3.10. The minimum Gasteiger partial charge on any atom is -0.379 e. The van der Waals surface area contributed by atoms with Crippen molar-refractivity contribution in [3.63, 3.8) is 0 Å². The van der Waals surface area contributed by atoms with Crippen molar-refractivity contribution in [2.45, 2.75) is 43.4 Å². The molecule has 2 fully saturated rings. The number of sulfonamides is 1. The monoisotopic (exact) mass is 471 g/mol. The van der Waals surface area contributed by atoms with Gasteiger partial charge in [-0.2, -0.15) is 0 Å². The van der Waals surface area contributed by atoms with Crippen LogP contribution < -0.4 is 10.0 Å². The Morgan fingerprint density at radius 1 is 1.03 bits per heavy atom. The fourth-order valence-electron chi connectivity index (χ4n) is 4.22. The molecule has 2 aromatic carbocycles. The molecule has 0 aromatic heterocycles. The number of ether oxygens (including phenoxy) is 1. The molecule has 2 aromatic rings. The number of aryl methyl sites for hydroxylation is 2. The van der Waals surface area contributed by atoms with Crippen LogP contribution in [-0.4, -0.2) is 58.6 Å². The fraction of sp³-hybridized carbons (Fsp3) is 0.480. The third kappa shape index (κ3) is 5.57. The van der Waals surface area contributed by atoms with Crippen molar-refractivity contribution in [1.29, 1.82) is 0 Å². The number of rotatable bonds is 9. The number of carbonyl (C=O) groups excluding carboxylic acids is 1. The zero-order chi connectivity index (χ0) is 23.5. The van der Waals surface area contributed by atoms with Crippen molar-refractivity contribution in [2.24, 2.45) is 0 Å². The Morgan fingerprint density at radius 3 is 2.36 bits per heavy atom. The number of carbonyl (C=O) groups is 1. The number of hydrogen-bond donors (Lipinski definition) is 2. The molecular formula is C25H33N3O4S. The Hall–Kier alpha value is -2.42. The Morgan fingerprint density at radius 2 is 1.73 bits per heavy atom. The smallest absolute Gasteiger partial charge is 0.261 e. The largest absolute Gasteiger partial charge is 0.379 e. The highest BCUT2D eigenvalue weighted by molar-refractivity contribution is 7.92. The summed E-state index contributed by atoms with van der Waals surface area (Å²) in [6.45, 7) is 8.95. The van der Waals surface area contributed by atoms with Crippen LogP contribution in [0.1, 0.15) is 36.0 Å². The predicted molar refractivity (Wildman–Crippen MR) is 129 cm³/mol. The topological polar surface area (TPSA) is 87.7 Å². The first-order valence-electron chi connectivity index (χ1n) is 11.6. The highest BCUT2D eigenvalue weighted by atomic mass is 32.2. The van der Waals surface area contributed by atoms with E-state index in [-0.39, 0.29) is 10.8 Å². The molecule has 1 aliphatic carbocycles. The maximum atomic E-state index is 12.9. The first kappa shape index (κ1) is 23.7. The van der Waals surface area contributed by atoms with Crippen LogP contribution in [0.25, 0.3) is 0 Å². The van der Waals surface area contributed by atoms with Gasteiger partial charge < -0.3 is 10.1 Å². The molecule has 178 valence electrons. The summed E-state index contributed by atoms with van der Waals surface area (Å²) in [7, 11) is -3.67. The van der Waals surface area contributed by atoms with Gasteiger partial charge in [0.2, 0.25) is 5.91 Å². The van der Waals surface area contributed by atoms with Crippen LogP contribution in [0, 0.1) is 13.8 Å². The third-order valence-corrected chi connectivity index (χ3v) is 8.08. The minimum atomic E-state index is -3.67. The Kier molecular flexibility index (Phi) is 7.07. The third-order valence-electron chi connectivity index (χ3n) is 6.70. The lowest BCUT2D eigenvalue weighted by molar-refractivity contribution is -0.123. The van der Waals surface area contributed by atoms with Crippen LogP contribution in [-0.2, 0) is 25.0 Å². The molecule has 1 saturated carbocycles. The van der Waals surface area contributed by atoms with Crippen LogP contribution in [0.5, 0.6) is 0 Å². The first-order chi connectivity index (χ1) is 15.8. The Balaban J connectivity index is 1.33. The van der Waals surface area contributed by atoms with Gasteiger partial charge in [-0.15, -0.1) is 0 Å². The van der Waals surface area contributed by atoms with E-state index < -0.39 is 15.4 Å². The standard InChI is InChI=1S/C25H33N3O4S/c1-19-4-9-23(18-20(19)2)33(30,31)27-22-7-5-21(6-8-22)25(10-11-25)24(29)26-12-3-13-28-14-16-32-17-15-28/h4-9,18,27H,3,10-17H2,1-2H3,(H,26,29). The molecule has 0 atom stereocenters. The lowest BCUT2D eigenvalue weighted by atomic mass is 9.95. The molecular weight excluding hydrogens is 438 g/mol. The van der Waals surface area contributed by atoms with E-state index in [1.54, 1.807) is 24.3 Å². The highest BCUT2D eigenvalue weighted by Crippen LogP contribution is 2.48. The summed E-state index contributed by atoms with van der Waals surface area (Å²) >= 11 is 0. The number of morpholine rings is 1. The van der Waals surface area contributed by atoms with Gasteiger partial charge in [0.15, 0.2) is 0 Å². The molecule has 1 saturated heterocycles. The van der Waals surface area contributed by atoms with Crippen LogP contribution >= 0.6 is 0 Å². The second-order valence-electron chi connectivity index (χ2n) is 9.07. The number of hydrogen-bond acceptors (Lipinski definition) is 5. The molecule has 1 amide bonds. The molecule has 0 unspecified atom stereocenters. The normalized spacial score (nSPS) is 18.0. The molecule has 1 aliphatic heterocycles. The molecule has 33 heavy (non-hydrogen) atoms. The summed E-state index contributed by atoms with van der Waals surface area (Å²) in [5.41, 5.74) is 2.91. The SMILES string of the molecule is Cc1ccc(S(=O)(=O)Nc2ccc(C3(C(=O)NCCCN4CCOCC4)CC3)cc2)cc1C. The van der Waals surface area contributed by atoms with Gasteiger partial charge in [0.25, 0.3) is 10.0 Å². The van der Waals surface area contributed by atoms with Gasteiger partial charge in [-0.05, 0) is 80.6 Å². The van der Waals surface area contributed by atoms with Gasteiger partial charge in [-0.3, -0.25) is 14.4 Å². The van der Waals surface area contributed by atoms with Crippen LogP contribution in [0.3, 0.4) is 0 Å². The van der Waals surface area contributed by atoms with Crippen LogP contribution in [0.4, 0.5) is 5.69 Å². The quantitative estimate of drug-likeness (QED) is 0.549. The zero-order valence-electron chi connectivity index (χ0n) is 19.4. The van der Waals surface area contributed by atoms with Crippen molar-refractivity contribution in [3.05, 3.63) is 59.2 Å². The highest BCUT2D eigenvalue weighted by Gasteiger charge is 2.51. The second-order valence-corrected chi connectivity index (χ2v) is 10.8. The number of nitrogens with zero attached hydrogens (tertiary/aromatic N) is 1. The van der Waals surface area contributed by atoms with Gasteiger partial charge in [0.1, 0.15) is 0 Å². The average molecular weight is 472 g/mol. The lowest BCUT2D eigenvalue weighted by Gasteiger charge is -2.26. The van der Waals surface area contributed by atoms with Gasteiger partial charge in [-0.25, -0.2) is 8.42 Å². The van der Waals surface area contributed by atoms with E-state index in [0.29, 0.717) is 12.2 Å². The van der Waals surface area contributed by atoms with Crippen molar-refractivity contribution in [3.8, 4) is 0 Å². The molecule has 0 bridgehead atoms. The maximum absolute atomic E-state index is 12.9. The molecule has 7 nitrogen and oxygen atoms in total. The molecule has 0 spiro atoms. The summed E-state index contributed by atoms with van der Waals surface area (Å²) in [4.78, 5) is 15.5. The molecule has 2 aliphatic rings. The van der Waals surface area contributed by atoms with E-state index in [1.165, 1.54) is 0 Å². The molecule has 2 N–H and O–H groups in total. The van der Waals surface area contributed by atoms with Crippen molar-refractivity contribution in [1.82, 2.24) is 10.2 Å². The number of amides is 1. The van der Waals surface area contributed by atoms with E-state index in [2.05, 4.69) is 14.9 Å². The maximum Gasteiger partial charge on any atom is 0.261 e. The number of anilines is 1. The molecule has 8 heteroatoms. The van der Waals surface area contributed by atoms with Gasteiger partial charge >= 0.3 is 0 Å². The van der Waals surface area contributed by atoms with Crippen molar-refractivity contribution in [2.75, 3.05) is 44.1 Å². The Labute approximate surface area is 196 Å². The van der Waals surface area contributed by atoms with E-state index in [4.69, 9.17) is 4.74 Å². The van der Waals surface area contributed by atoms with Crippen LogP contribution in [0.15, 0.2) is 47.4 Å². The molecule has 4 rings (SSSR count). The lowest BCUT2D eigenvalue weighted by Crippen LogP contribution is -2.39. The van der Waals surface area contributed by atoms with Gasteiger partial charge in [0.05, 0.1) is 23.5 Å². The average Bonchev–Trinajstić information content (AvgIpc) is 3.61. The predicted octanol–water partition coefficient (Wildman–Crippen LogP) is 2.97. The first-order valence-corrected chi connectivity index (χ1v) is 13.1. The van der Waals surface area contributed by atoms with E-state index in [0.717, 1.165) is 68.8 Å². The van der Waals surface area contributed by atoms with E-state index in [1.807, 2.05) is 32.0 Å². The zero-order valence-corrected chi connectivity index (χ0v) is 20.2. The summed E-state index contributed by atoms with van der Waals surface area (Å²) in [6.07, 6.45) is 2.55. The van der Waals surface area contributed by atoms with Crippen molar-refractivity contribution >= 4 is 21.6 Å². The number of benzene rings is 2. The number of nitrogens with one attached hydrogen (secondary N) is 2. The summed E-state index contributed by atoms with van der Waals surface area (Å²) in [5.74, 6) is 0.0629.